The molecule has 2 atom stereocenters. The topological polar surface area (TPSA) is 103 Å². The number of rotatable bonds is 6. The molecule has 1 fully saturated rings. The second-order valence-electron chi connectivity index (χ2n) is 7.73. The molecule has 0 radical (unpaired) electrons. The number of pyridine rings is 1. The standard InChI is InChI=1S/C23H25N5O2S/c1-14(31-2)23(30)26-17-4-3-5-18(13-17)28-20-7-6-16(21(24)29)12-19(20)27-22(28)15-8-10-25-11-9-15/h6-12,17-18H,1,3-5,13H2,2H3,(H2,24,29)(H,26,30). The molecular formula is C23H25N5O2S. The van der Waals surface area contributed by atoms with Gasteiger partial charge in [-0.2, -0.15) is 0 Å². The van der Waals surface area contributed by atoms with Crippen LogP contribution in [0.15, 0.2) is 54.2 Å². The van der Waals surface area contributed by atoms with Gasteiger partial charge >= 0.3 is 0 Å². The minimum absolute atomic E-state index is 0.0720. The molecular weight excluding hydrogens is 410 g/mol. The van der Waals surface area contributed by atoms with Gasteiger partial charge < -0.3 is 15.6 Å². The molecule has 1 saturated carbocycles. The molecule has 0 aliphatic heterocycles. The van der Waals surface area contributed by atoms with E-state index in [4.69, 9.17) is 10.7 Å². The highest BCUT2D eigenvalue weighted by Gasteiger charge is 2.28. The molecule has 160 valence electrons. The van der Waals surface area contributed by atoms with E-state index in [0.717, 1.165) is 48.1 Å². The number of carbonyl (C=O) groups excluding carboxylic acids is 2. The van der Waals surface area contributed by atoms with Gasteiger partial charge in [0.05, 0.1) is 15.9 Å². The fourth-order valence-electron chi connectivity index (χ4n) is 4.21. The van der Waals surface area contributed by atoms with Crippen LogP contribution in [0.4, 0.5) is 0 Å². The minimum atomic E-state index is -0.476. The third-order valence-corrected chi connectivity index (χ3v) is 6.44. The first-order valence-electron chi connectivity index (χ1n) is 10.2. The molecule has 2 heterocycles. The van der Waals surface area contributed by atoms with Crippen molar-refractivity contribution in [1.82, 2.24) is 19.9 Å². The summed E-state index contributed by atoms with van der Waals surface area (Å²) < 4.78 is 2.23. The maximum atomic E-state index is 12.3. The highest BCUT2D eigenvalue weighted by atomic mass is 32.2. The predicted octanol–water partition coefficient (Wildman–Crippen LogP) is 3.67. The quantitative estimate of drug-likeness (QED) is 0.575. The Labute approximate surface area is 185 Å². The predicted molar refractivity (Wildman–Crippen MR) is 124 cm³/mol. The lowest BCUT2D eigenvalue weighted by Gasteiger charge is -2.32. The number of primary amides is 1. The van der Waals surface area contributed by atoms with Crippen LogP contribution in [-0.4, -0.2) is 38.6 Å². The molecule has 3 aromatic rings. The van der Waals surface area contributed by atoms with Crippen LogP contribution in [0, 0.1) is 0 Å². The first kappa shape index (κ1) is 21.1. The maximum Gasteiger partial charge on any atom is 0.257 e. The van der Waals surface area contributed by atoms with Crippen molar-refractivity contribution in [3.63, 3.8) is 0 Å². The van der Waals surface area contributed by atoms with E-state index >= 15 is 0 Å². The van der Waals surface area contributed by atoms with Gasteiger partial charge in [0.1, 0.15) is 5.82 Å². The van der Waals surface area contributed by atoms with Crippen LogP contribution in [0.2, 0.25) is 0 Å². The lowest BCUT2D eigenvalue weighted by atomic mass is 9.90. The Balaban J connectivity index is 1.73. The highest BCUT2D eigenvalue weighted by molar-refractivity contribution is 8.03. The molecule has 2 aromatic heterocycles. The zero-order chi connectivity index (χ0) is 22.0. The summed E-state index contributed by atoms with van der Waals surface area (Å²) in [6.45, 7) is 3.82. The molecule has 4 rings (SSSR count). The van der Waals surface area contributed by atoms with Gasteiger partial charge in [0.2, 0.25) is 5.91 Å². The summed E-state index contributed by atoms with van der Waals surface area (Å²) in [5.74, 6) is 0.245. The number of hydrogen-bond acceptors (Lipinski definition) is 5. The van der Waals surface area contributed by atoms with Crippen molar-refractivity contribution in [1.29, 1.82) is 0 Å². The highest BCUT2D eigenvalue weighted by Crippen LogP contribution is 2.36. The van der Waals surface area contributed by atoms with Gasteiger partial charge in [-0.15, -0.1) is 11.8 Å². The van der Waals surface area contributed by atoms with E-state index in [9.17, 15) is 9.59 Å². The normalized spacial score (nSPS) is 18.6. The van der Waals surface area contributed by atoms with Crippen LogP contribution < -0.4 is 11.1 Å². The fraction of sp³-hybridized carbons (Fsp3) is 0.304. The van der Waals surface area contributed by atoms with Crippen molar-refractivity contribution in [3.8, 4) is 11.4 Å². The number of carbonyl (C=O) groups is 2. The van der Waals surface area contributed by atoms with Crippen LogP contribution in [0.3, 0.4) is 0 Å². The number of fused-ring (bicyclic) bond motifs is 1. The molecule has 1 aliphatic carbocycles. The van der Waals surface area contributed by atoms with Crippen molar-refractivity contribution >= 4 is 34.6 Å². The van der Waals surface area contributed by atoms with Crippen molar-refractivity contribution < 1.29 is 9.59 Å². The molecule has 1 aliphatic rings. The molecule has 7 nitrogen and oxygen atoms in total. The van der Waals surface area contributed by atoms with Crippen LogP contribution in [0.1, 0.15) is 42.1 Å². The van der Waals surface area contributed by atoms with Crippen molar-refractivity contribution in [2.24, 2.45) is 5.73 Å². The summed E-state index contributed by atoms with van der Waals surface area (Å²) in [7, 11) is 0. The smallest absolute Gasteiger partial charge is 0.257 e. The molecule has 2 unspecified atom stereocenters. The Morgan fingerprint density at radius 2 is 2.00 bits per heavy atom. The number of nitrogens with zero attached hydrogens (tertiary/aromatic N) is 3. The van der Waals surface area contributed by atoms with Crippen LogP contribution >= 0.6 is 11.8 Å². The summed E-state index contributed by atoms with van der Waals surface area (Å²) in [6.07, 6.45) is 9.05. The summed E-state index contributed by atoms with van der Waals surface area (Å²) in [5, 5.41) is 3.13. The van der Waals surface area contributed by atoms with Gasteiger partial charge in [0, 0.05) is 35.6 Å². The Morgan fingerprint density at radius 3 is 2.71 bits per heavy atom. The zero-order valence-corrected chi connectivity index (χ0v) is 18.2. The van der Waals surface area contributed by atoms with E-state index in [2.05, 4.69) is 21.4 Å². The van der Waals surface area contributed by atoms with E-state index in [1.165, 1.54) is 11.8 Å². The number of nitrogens with one attached hydrogen (secondary N) is 1. The van der Waals surface area contributed by atoms with Crippen LogP contribution in [0.5, 0.6) is 0 Å². The van der Waals surface area contributed by atoms with Crippen molar-refractivity contribution in [3.05, 3.63) is 59.8 Å². The first-order valence-corrected chi connectivity index (χ1v) is 11.5. The number of hydrogen-bond donors (Lipinski definition) is 2. The van der Waals surface area contributed by atoms with Crippen LogP contribution in [0.25, 0.3) is 22.4 Å². The van der Waals surface area contributed by atoms with E-state index in [-0.39, 0.29) is 18.0 Å². The largest absolute Gasteiger partial charge is 0.366 e. The van der Waals surface area contributed by atoms with E-state index < -0.39 is 5.91 Å². The third-order valence-electron chi connectivity index (χ3n) is 5.76. The molecule has 8 heteroatoms. The SMILES string of the molecule is C=C(SC)C(=O)NC1CCCC(n2c(-c3ccncc3)nc3cc(C(N)=O)ccc32)C1. The van der Waals surface area contributed by atoms with Gasteiger partial charge in [0.15, 0.2) is 0 Å². The second-order valence-corrected chi connectivity index (χ2v) is 8.63. The van der Waals surface area contributed by atoms with Gasteiger partial charge in [-0.1, -0.05) is 6.58 Å². The van der Waals surface area contributed by atoms with E-state index in [0.29, 0.717) is 10.5 Å². The van der Waals surface area contributed by atoms with Gasteiger partial charge in [-0.3, -0.25) is 14.6 Å². The molecule has 0 spiro atoms. The molecule has 1 aromatic carbocycles. The zero-order valence-electron chi connectivity index (χ0n) is 17.4. The Hall–Kier alpha value is -3.13. The number of imidazole rings is 1. The molecule has 0 bridgehead atoms. The number of amides is 2. The van der Waals surface area contributed by atoms with Crippen LogP contribution in [-0.2, 0) is 4.79 Å². The second kappa shape index (κ2) is 8.93. The average molecular weight is 436 g/mol. The number of thioether (sulfide) groups is 1. The summed E-state index contributed by atoms with van der Waals surface area (Å²) in [4.78, 5) is 33.5. The average Bonchev–Trinajstić information content (AvgIpc) is 3.18. The third kappa shape index (κ3) is 4.34. The Kier molecular flexibility index (Phi) is 6.08. The van der Waals surface area contributed by atoms with E-state index in [1.54, 1.807) is 24.5 Å². The monoisotopic (exact) mass is 435 g/mol. The fourth-order valence-corrected chi connectivity index (χ4v) is 4.46. The van der Waals surface area contributed by atoms with Gasteiger partial charge in [-0.25, -0.2) is 4.98 Å². The van der Waals surface area contributed by atoms with E-state index in [1.807, 2.05) is 24.5 Å². The summed E-state index contributed by atoms with van der Waals surface area (Å²) in [6, 6.07) is 9.48. The molecule has 3 N–H and O–H groups in total. The number of nitrogens with two attached hydrogens (primary N) is 1. The lowest BCUT2D eigenvalue weighted by molar-refractivity contribution is -0.117. The molecule has 0 saturated heterocycles. The van der Waals surface area contributed by atoms with Gasteiger partial charge in [0.25, 0.3) is 5.91 Å². The van der Waals surface area contributed by atoms with Gasteiger partial charge in [-0.05, 0) is 62.3 Å². The Morgan fingerprint density at radius 1 is 1.23 bits per heavy atom. The molecule has 31 heavy (non-hydrogen) atoms. The number of aromatic nitrogens is 3. The van der Waals surface area contributed by atoms with Crippen molar-refractivity contribution in [2.75, 3.05) is 6.26 Å². The Bertz CT molecular complexity index is 1140. The number of benzene rings is 1. The van der Waals surface area contributed by atoms with Crippen molar-refractivity contribution in [2.45, 2.75) is 37.8 Å². The lowest BCUT2D eigenvalue weighted by Crippen LogP contribution is -2.39. The summed E-state index contributed by atoms with van der Waals surface area (Å²) >= 11 is 1.36. The molecule has 2 amide bonds. The maximum absolute atomic E-state index is 12.3. The minimum Gasteiger partial charge on any atom is -0.366 e. The first-order chi connectivity index (χ1) is 15.0. The summed E-state index contributed by atoms with van der Waals surface area (Å²) in [5.41, 5.74) is 8.53.